The van der Waals surface area contributed by atoms with Crippen molar-refractivity contribution in [2.24, 2.45) is 0 Å². The fourth-order valence-corrected chi connectivity index (χ4v) is 2.45. The lowest BCUT2D eigenvalue weighted by atomic mass is 10.1. The van der Waals surface area contributed by atoms with Crippen LogP contribution in [0.1, 0.15) is 17.3 Å². The van der Waals surface area contributed by atoms with E-state index in [1.54, 1.807) is 6.07 Å². The first kappa shape index (κ1) is 12.9. The van der Waals surface area contributed by atoms with Crippen LogP contribution in [0.2, 0.25) is 0 Å². The molecule has 94 valence electrons. The zero-order chi connectivity index (χ0) is 13.1. The monoisotopic (exact) mass is 263 g/mol. The van der Waals surface area contributed by atoms with Crippen LogP contribution in [-0.2, 0) is 0 Å². The molecule has 0 aliphatic rings. The smallest absolute Gasteiger partial charge is 0.338 e. The van der Waals surface area contributed by atoms with E-state index in [-0.39, 0.29) is 17.4 Å². The second-order valence-corrected chi connectivity index (χ2v) is 5.38. The molecule has 2 aromatic rings. The molecule has 0 saturated carbocycles. The maximum atomic E-state index is 11.2. The minimum atomic E-state index is -0.999. The number of benzene rings is 1. The summed E-state index contributed by atoms with van der Waals surface area (Å²) in [7, 11) is 0. The molecule has 0 fully saturated rings. The highest BCUT2D eigenvalue weighted by molar-refractivity contribution is 7.99. The summed E-state index contributed by atoms with van der Waals surface area (Å²) in [6.45, 7) is 1.81. The van der Waals surface area contributed by atoms with Crippen LogP contribution in [0.4, 0.5) is 0 Å². The number of aromatic carboxylic acids is 1. The number of hydrogen-bond acceptors (Lipinski definition) is 4. The van der Waals surface area contributed by atoms with Crippen LogP contribution in [0.25, 0.3) is 10.9 Å². The van der Waals surface area contributed by atoms with E-state index in [2.05, 4.69) is 4.98 Å². The van der Waals surface area contributed by atoms with Gasteiger partial charge >= 0.3 is 5.97 Å². The minimum absolute atomic E-state index is 0.0156. The van der Waals surface area contributed by atoms with Gasteiger partial charge in [-0.05, 0) is 12.1 Å². The number of nitrogens with zero attached hydrogens (tertiary/aromatic N) is 1. The first-order valence-corrected chi connectivity index (χ1v) is 6.40. The summed E-state index contributed by atoms with van der Waals surface area (Å²) >= 11 is 1.27. The number of thioether (sulfide) groups is 1. The molecule has 1 heterocycles. The highest BCUT2D eigenvalue weighted by Crippen LogP contribution is 2.27. The van der Waals surface area contributed by atoms with Crippen molar-refractivity contribution in [3.8, 4) is 0 Å². The molecule has 5 heteroatoms. The van der Waals surface area contributed by atoms with Gasteiger partial charge in [-0.2, -0.15) is 0 Å². The SMILES string of the molecule is CC(CO)Sc1nc2ccccc2cc1C(=O)O. The van der Waals surface area contributed by atoms with E-state index in [4.69, 9.17) is 5.11 Å². The molecule has 0 amide bonds. The molecule has 2 rings (SSSR count). The Morgan fingerprint density at radius 2 is 2.17 bits per heavy atom. The maximum Gasteiger partial charge on any atom is 0.338 e. The molecule has 4 nitrogen and oxygen atoms in total. The summed E-state index contributed by atoms with van der Waals surface area (Å²) < 4.78 is 0. The van der Waals surface area contributed by atoms with Crippen molar-refractivity contribution in [3.05, 3.63) is 35.9 Å². The fraction of sp³-hybridized carbons (Fsp3) is 0.231. The van der Waals surface area contributed by atoms with Gasteiger partial charge in [-0.3, -0.25) is 0 Å². The predicted molar refractivity (Wildman–Crippen MR) is 71.1 cm³/mol. The fourth-order valence-electron chi connectivity index (χ4n) is 1.57. The zero-order valence-electron chi connectivity index (χ0n) is 9.83. The first-order valence-electron chi connectivity index (χ1n) is 5.52. The Kier molecular flexibility index (Phi) is 3.84. The predicted octanol–water partition coefficient (Wildman–Crippen LogP) is 2.41. The third-order valence-corrected chi connectivity index (χ3v) is 3.58. The third kappa shape index (κ3) is 2.63. The van der Waals surface area contributed by atoms with Crippen LogP contribution in [0, 0.1) is 0 Å². The summed E-state index contributed by atoms with van der Waals surface area (Å²) in [6, 6.07) is 9.00. The largest absolute Gasteiger partial charge is 0.478 e. The van der Waals surface area contributed by atoms with E-state index in [1.807, 2.05) is 31.2 Å². The average Bonchev–Trinajstić information content (AvgIpc) is 2.37. The Labute approximate surface area is 109 Å². The molecule has 0 aliphatic carbocycles. The molecular weight excluding hydrogens is 250 g/mol. The van der Waals surface area contributed by atoms with E-state index in [1.165, 1.54) is 11.8 Å². The molecule has 1 atom stereocenters. The van der Waals surface area contributed by atoms with Gasteiger partial charge in [-0.15, -0.1) is 11.8 Å². The van der Waals surface area contributed by atoms with E-state index in [0.29, 0.717) is 5.03 Å². The van der Waals surface area contributed by atoms with Crippen LogP contribution in [0.3, 0.4) is 0 Å². The molecule has 0 aliphatic heterocycles. The van der Waals surface area contributed by atoms with E-state index < -0.39 is 5.97 Å². The molecule has 0 radical (unpaired) electrons. The zero-order valence-corrected chi connectivity index (χ0v) is 10.6. The van der Waals surface area contributed by atoms with Gasteiger partial charge in [0.15, 0.2) is 0 Å². The van der Waals surface area contributed by atoms with Crippen LogP contribution in [-0.4, -0.2) is 33.0 Å². The number of aliphatic hydroxyl groups excluding tert-OH is 1. The van der Waals surface area contributed by atoms with Crippen LogP contribution in [0.15, 0.2) is 35.4 Å². The Morgan fingerprint density at radius 3 is 2.83 bits per heavy atom. The molecule has 2 N–H and O–H groups in total. The van der Waals surface area contributed by atoms with Crippen molar-refractivity contribution >= 4 is 28.6 Å². The van der Waals surface area contributed by atoms with Gasteiger partial charge in [0.2, 0.25) is 0 Å². The summed E-state index contributed by atoms with van der Waals surface area (Å²) in [5, 5.41) is 19.4. The number of aromatic nitrogens is 1. The summed E-state index contributed by atoms with van der Waals surface area (Å²) in [6.07, 6.45) is 0. The number of rotatable bonds is 4. The van der Waals surface area contributed by atoms with Crippen molar-refractivity contribution in [1.82, 2.24) is 4.98 Å². The van der Waals surface area contributed by atoms with Gasteiger partial charge in [-0.25, -0.2) is 9.78 Å². The second kappa shape index (κ2) is 5.37. The van der Waals surface area contributed by atoms with Gasteiger partial charge in [0, 0.05) is 10.6 Å². The molecule has 1 aromatic carbocycles. The standard InChI is InChI=1S/C13H13NO3S/c1-8(7-15)18-12-10(13(16)17)6-9-4-2-3-5-11(9)14-12/h2-6,8,15H,7H2,1H3,(H,16,17). The Hall–Kier alpha value is -1.59. The Bertz CT molecular complexity index is 585. The van der Waals surface area contributed by atoms with Crippen molar-refractivity contribution in [3.63, 3.8) is 0 Å². The van der Waals surface area contributed by atoms with Crippen molar-refractivity contribution in [2.45, 2.75) is 17.2 Å². The number of para-hydroxylation sites is 1. The van der Waals surface area contributed by atoms with E-state index >= 15 is 0 Å². The van der Waals surface area contributed by atoms with Crippen molar-refractivity contribution in [2.75, 3.05) is 6.61 Å². The number of carboxylic acids is 1. The lowest BCUT2D eigenvalue weighted by molar-refractivity contribution is 0.0692. The number of carboxylic acid groups (broad SMARTS) is 1. The van der Waals surface area contributed by atoms with Crippen LogP contribution in [0.5, 0.6) is 0 Å². The van der Waals surface area contributed by atoms with Gasteiger partial charge in [-0.1, -0.05) is 25.1 Å². The molecule has 18 heavy (non-hydrogen) atoms. The number of pyridine rings is 1. The third-order valence-electron chi connectivity index (χ3n) is 2.49. The van der Waals surface area contributed by atoms with Crippen molar-refractivity contribution < 1.29 is 15.0 Å². The highest BCUT2D eigenvalue weighted by Gasteiger charge is 2.16. The van der Waals surface area contributed by atoms with Crippen LogP contribution < -0.4 is 0 Å². The lowest BCUT2D eigenvalue weighted by Gasteiger charge is -2.10. The normalized spacial score (nSPS) is 12.6. The summed E-state index contributed by atoms with van der Waals surface area (Å²) in [5.41, 5.74) is 0.939. The number of fused-ring (bicyclic) bond motifs is 1. The quantitative estimate of drug-likeness (QED) is 0.829. The van der Waals surface area contributed by atoms with Crippen molar-refractivity contribution in [1.29, 1.82) is 0 Å². The average molecular weight is 263 g/mol. The number of aliphatic hydroxyl groups is 1. The lowest BCUT2D eigenvalue weighted by Crippen LogP contribution is -2.07. The molecule has 1 aromatic heterocycles. The molecule has 0 saturated heterocycles. The maximum absolute atomic E-state index is 11.2. The van der Waals surface area contributed by atoms with Gasteiger partial charge < -0.3 is 10.2 Å². The number of carbonyl (C=O) groups is 1. The summed E-state index contributed by atoms with van der Waals surface area (Å²) in [4.78, 5) is 15.6. The topological polar surface area (TPSA) is 70.4 Å². The van der Waals surface area contributed by atoms with Gasteiger partial charge in [0.1, 0.15) is 5.03 Å². The highest BCUT2D eigenvalue weighted by atomic mass is 32.2. The molecule has 1 unspecified atom stereocenters. The minimum Gasteiger partial charge on any atom is -0.478 e. The Balaban J connectivity index is 2.54. The summed E-state index contributed by atoms with van der Waals surface area (Å²) in [5.74, 6) is -0.999. The van der Waals surface area contributed by atoms with Gasteiger partial charge in [0.25, 0.3) is 0 Å². The van der Waals surface area contributed by atoms with Gasteiger partial charge in [0.05, 0.1) is 17.7 Å². The van der Waals surface area contributed by atoms with E-state index in [0.717, 1.165) is 10.9 Å². The Morgan fingerprint density at radius 1 is 1.44 bits per heavy atom. The van der Waals surface area contributed by atoms with E-state index in [9.17, 15) is 9.90 Å². The van der Waals surface area contributed by atoms with Crippen LogP contribution >= 0.6 is 11.8 Å². The number of hydrogen-bond donors (Lipinski definition) is 2. The molecular formula is C13H13NO3S. The second-order valence-electron chi connectivity index (χ2n) is 3.95. The molecule has 0 spiro atoms. The molecule has 0 bridgehead atoms. The first-order chi connectivity index (χ1) is 8.61.